The summed E-state index contributed by atoms with van der Waals surface area (Å²) in [7, 11) is 0. The molecule has 8 aromatic rings. The number of rotatable bonds is 6. The Morgan fingerprint density at radius 3 is 2.05 bits per heavy atom. The molecule has 204 valence electrons. The van der Waals surface area contributed by atoms with Gasteiger partial charge in [-0.25, -0.2) is 9.67 Å². The predicted molar refractivity (Wildman–Crippen MR) is 173 cm³/mol. The molecule has 0 atom stereocenters. The molecule has 8 rings (SSSR count). The van der Waals surface area contributed by atoms with E-state index in [4.69, 9.17) is 9.84 Å². The summed E-state index contributed by atoms with van der Waals surface area (Å²) in [5, 5.41) is 7.37. The normalized spacial score (nSPS) is 11.3. The van der Waals surface area contributed by atoms with Crippen LogP contribution in [0.25, 0.3) is 55.8 Å². The zero-order chi connectivity index (χ0) is 28.6. The van der Waals surface area contributed by atoms with Crippen LogP contribution < -0.4 is 4.74 Å². The van der Waals surface area contributed by atoms with Crippen molar-refractivity contribution in [2.45, 2.75) is 0 Å². The first-order chi connectivity index (χ1) is 21.3. The molecule has 0 amide bonds. The Hall–Kier alpha value is -5.94. The van der Waals surface area contributed by atoms with Crippen molar-refractivity contribution in [2.75, 3.05) is 0 Å². The van der Waals surface area contributed by atoms with E-state index in [0.29, 0.717) is 0 Å². The summed E-state index contributed by atoms with van der Waals surface area (Å²) in [6.45, 7) is 0. The standard InChI is InChI=1S/C38H26N4O/c1-3-12-27(13-4-1)34-26-36(28-14-5-2-6-15-28)42(40-34)29-16-11-17-30(24-29)43-31-21-22-33-32-18-7-8-19-35(32)41(37(33)25-31)38-20-9-10-23-39-38/h1-26H. The molecule has 0 spiro atoms. The maximum Gasteiger partial charge on any atom is 0.137 e. The summed E-state index contributed by atoms with van der Waals surface area (Å²) >= 11 is 0. The minimum Gasteiger partial charge on any atom is -0.457 e. The lowest BCUT2D eigenvalue weighted by molar-refractivity contribution is 0.483. The van der Waals surface area contributed by atoms with Crippen molar-refractivity contribution in [1.29, 1.82) is 0 Å². The highest BCUT2D eigenvalue weighted by atomic mass is 16.5. The highest BCUT2D eigenvalue weighted by Crippen LogP contribution is 2.36. The molecule has 3 aromatic heterocycles. The molecule has 0 saturated carbocycles. The average molecular weight is 555 g/mol. The van der Waals surface area contributed by atoms with Crippen molar-refractivity contribution in [1.82, 2.24) is 19.3 Å². The smallest absolute Gasteiger partial charge is 0.137 e. The minimum atomic E-state index is 0.730. The Kier molecular flexibility index (Phi) is 6.05. The summed E-state index contributed by atoms with van der Waals surface area (Å²) in [6.07, 6.45) is 1.82. The maximum absolute atomic E-state index is 6.50. The molecule has 0 radical (unpaired) electrons. The number of nitrogens with zero attached hydrogens (tertiary/aromatic N) is 4. The molecule has 0 aliphatic rings. The first kappa shape index (κ1) is 24.8. The van der Waals surface area contributed by atoms with Crippen LogP contribution in [0.3, 0.4) is 0 Å². The van der Waals surface area contributed by atoms with Crippen LogP contribution in [0.4, 0.5) is 0 Å². The van der Waals surface area contributed by atoms with Crippen molar-refractivity contribution < 1.29 is 4.74 Å². The van der Waals surface area contributed by atoms with Crippen LogP contribution >= 0.6 is 0 Å². The number of hydrogen-bond donors (Lipinski definition) is 0. The quantitative estimate of drug-likeness (QED) is 0.206. The Labute approximate surface area is 248 Å². The maximum atomic E-state index is 6.50. The molecular weight excluding hydrogens is 528 g/mol. The number of ether oxygens (including phenoxy) is 1. The van der Waals surface area contributed by atoms with Crippen LogP contribution in [-0.4, -0.2) is 19.3 Å². The Morgan fingerprint density at radius 1 is 0.512 bits per heavy atom. The van der Waals surface area contributed by atoms with Crippen LogP contribution in [0, 0.1) is 0 Å². The number of aromatic nitrogens is 4. The van der Waals surface area contributed by atoms with Gasteiger partial charge in [-0.15, -0.1) is 0 Å². The fourth-order valence-corrected chi connectivity index (χ4v) is 5.70. The van der Waals surface area contributed by atoms with E-state index in [0.717, 1.165) is 61.9 Å². The number of para-hydroxylation sites is 1. The van der Waals surface area contributed by atoms with Gasteiger partial charge in [-0.05, 0) is 48.5 Å². The summed E-state index contributed by atoms with van der Waals surface area (Å²) in [5.74, 6) is 2.35. The molecular formula is C38H26N4O. The van der Waals surface area contributed by atoms with Crippen LogP contribution in [-0.2, 0) is 0 Å². The lowest BCUT2D eigenvalue weighted by Gasteiger charge is -2.11. The largest absolute Gasteiger partial charge is 0.457 e. The molecule has 5 nitrogen and oxygen atoms in total. The predicted octanol–water partition coefficient (Wildman–Crippen LogP) is 9.49. The third-order valence-electron chi connectivity index (χ3n) is 7.67. The second-order valence-corrected chi connectivity index (χ2v) is 10.4. The Morgan fingerprint density at radius 2 is 1.23 bits per heavy atom. The molecule has 0 aliphatic carbocycles. The summed E-state index contributed by atoms with van der Waals surface area (Å²) < 4.78 is 10.7. The van der Waals surface area contributed by atoms with E-state index in [9.17, 15) is 0 Å². The highest BCUT2D eigenvalue weighted by Gasteiger charge is 2.16. The molecule has 0 N–H and O–H groups in total. The van der Waals surface area contributed by atoms with Crippen LogP contribution in [0.2, 0.25) is 0 Å². The van der Waals surface area contributed by atoms with E-state index in [-0.39, 0.29) is 0 Å². The van der Waals surface area contributed by atoms with Gasteiger partial charge in [0.2, 0.25) is 0 Å². The van der Waals surface area contributed by atoms with Crippen molar-refractivity contribution in [3.05, 3.63) is 158 Å². The topological polar surface area (TPSA) is 44.9 Å². The van der Waals surface area contributed by atoms with Gasteiger partial charge in [-0.3, -0.25) is 4.57 Å². The first-order valence-electron chi connectivity index (χ1n) is 14.3. The summed E-state index contributed by atoms with van der Waals surface area (Å²) in [5.41, 5.74) is 7.16. The molecule has 0 fully saturated rings. The molecule has 0 unspecified atom stereocenters. The molecule has 43 heavy (non-hydrogen) atoms. The fourth-order valence-electron chi connectivity index (χ4n) is 5.70. The third kappa shape index (κ3) is 4.53. The monoisotopic (exact) mass is 554 g/mol. The van der Waals surface area contributed by atoms with Gasteiger partial charge in [-0.2, -0.15) is 5.10 Å². The number of benzene rings is 5. The fraction of sp³-hybridized carbons (Fsp3) is 0. The molecule has 5 heteroatoms. The van der Waals surface area contributed by atoms with E-state index in [1.807, 2.05) is 77.6 Å². The van der Waals surface area contributed by atoms with Crippen molar-refractivity contribution in [3.63, 3.8) is 0 Å². The molecule has 0 saturated heterocycles. The highest BCUT2D eigenvalue weighted by molar-refractivity contribution is 6.09. The lowest BCUT2D eigenvalue weighted by Crippen LogP contribution is -2.00. The van der Waals surface area contributed by atoms with Crippen molar-refractivity contribution >= 4 is 21.8 Å². The van der Waals surface area contributed by atoms with Crippen LogP contribution in [0.5, 0.6) is 11.5 Å². The van der Waals surface area contributed by atoms with Gasteiger partial charge < -0.3 is 4.74 Å². The van der Waals surface area contributed by atoms with Crippen LogP contribution in [0.1, 0.15) is 0 Å². The van der Waals surface area contributed by atoms with Gasteiger partial charge in [0.1, 0.15) is 17.3 Å². The van der Waals surface area contributed by atoms with Gasteiger partial charge in [0.25, 0.3) is 0 Å². The second kappa shape index (κ2) is 10.5. The minimum absolute atomic E-state index is 0.730. The van der Waals surface area contributed by atoms with Crippen molar-refractivity contribution in [3.8, 4) is 45.5 Å². The molecule has 3 heterocycles. The van der Waals surface area contributed by atoms with E-state index in [1.165, 1.54) is 5.39 Å². The third-order valence-corrected chi connectivity index (χ3v) is 7.67. The Bertz CT molecular complexity index is 2200. The number of hydrogen-bond acceptors (Lipinski definition) is 3. The summed E-state index contributed by atoms with van der Waals surface area (Å²) in [4.78, 5) is 4.65. The summed E-state index contributed by atoms with van der Waals surface area (Å²) in [6, 6.07) is 51.5. The second-order valence-electron chi connectivity index (χ2n) is 10.4. The molecule has 0 aliphatic heterocycles. The molecule has 5 aromatic carbocycles. The van der Waals surface area contributed by atoms with E-state index in [2.05, 4.69) is 94.5 Å². The Balaban J connectivity index is 1.21. The molecule has 0 bridgehead atoms. The van der Waals surface area contributed by atoms with Crippen LogP contribution in [0.15, 0.2) is 158 Å². The zero-order valence-electron chi connectivity index (χ0n) is 23.2. The van der Waals surface area contributed by atoms with Crippen molar-refractivity contribution in [2.24, 2.45) is 0 Å². The average Bonchev–Trinajstić information content (AvgIpc) is 3.66. The number of fused-ring (bicyclic) bond motifs is 3. The van der Waals surface area contributed by atoms with Gasteiger partial charge in [0, 0.05) is 40.2 Å². The van der Waals surface area contributed by atoms with E-state index in [1.54, 1.807) is 0 Å². The van der Waals surface area contributed by atoms with Gasteiger partial charge >= 0.3 is 0 Å². The SMILES string of the molecule is c1ccc(-c2cc(-c3ccccc3)n(-c3cccc(Oc4ccc5c6ccccc6n(-c6ccccn6)c5c4)c3)n2)cc1. The van der Waals surface area contributed by atoms with Gasteiger partial charge in [-0.1, -0.05) is 91.0 Å². The number of pyridine rings is 1. The van der Waals surface area contributed by atoms with E-state index >= 15 is 0 Å². The van der Waals surface area contributed by atoms with Gasteiger partial charge in [0.05, 0.1) is 28.1 Å². The lowest BCUT2D eigenvalue weighted by atomic mass is 10.1. The zero-order valence-corrected chi connectivity index (χ0v) is 23.2. The first-order valence-corrected chi connectivity index (χ1v) is 14.3. The van der Waals surface area contributed by atoms with E-state index < -0.39 is 0 Å². The van der Waals surface area contributed by atoms with Gasteiger partial charge in [0.15, 0.2) is 0 Å².